The van der Waals surface area contributed by atoms with Crippen molar-refractivity contribution >= 4 is 57.3 Å². The summed E-state index contributed by atoms with van der Waals surface area (Å²) in [5.74, 6) is -0.632. The zero-order chi connectivity index (χ0) is 24.0. The van der Waals surface area contributed by atoms with Crippen LogP contribution in [0.15, 0.2) is 18.2 Å². The highest BCUT2D eigenvalue weighted by molar-refractivity contribution is 7.18. The molecule has 1 saturated heterocycles. The number of methoxy groups -OCH3 is 1. The second kappa shape index (κ2) is 11.7. The number of amides is 2. The summed E-state index contributed by atoms with van der Waals surface area (Å²) in [4.78, 5) is 39.9. The predicted octanol–water partition coefficient (Wildman–Crippen LogP) is 4.42. The summed E-state index contributed by atoms with van der Waals surface area (Å²) >= 11 is 13.0. The molecule has 0 saturated carbocycles. The molecule has 0 aliphatic carbocycles. The van der Waals surface area contributed by atoms with Gasteiger partial charge in [0.05, 0.1) is 42.4 Å². The van der Waals surface area contributed by atoms with E-state index in [1.807, 2.05) is 0 Å². The Morgan fingerprint density at radius 3 is 2.61 bits per heavy atom. The van der Waals surface area contributed by atoms with Gasteiger partial charge in [0.25, 0.3) is 5.91 Å². The predicted molar refractivity (Wildman–Crippen MR) is 127 cm³/mol. The van der Waals surface area contributed by atoms with Crippen molar-refractivity contribution in [1.82, 2.24) is 4.90 Å². The molecule has 1 aliphatic rings. The maximum atomic E-state index is 13.0. The van der Waals surface area contributed by atoms with Gasteiger partial charge >= 0.3 is 5.97 Å². The second-order valence-corrected chi connectivity index (χ2v) is 9.10. The molecular weight excluding hydrogens is 491 g/mol. The van der Waals surface area contributed by atoms with Crippen LogP contribution in [0.1, 0.15) is 38.4 Å². The van der Waals surface area contributed by atoms with Crippen molar-refractivity contribution in [2.24, 2.45) is 0 Å². The van der Waals surface area contributed by atoms with Gasteiger partial charge < -0.3 is 24.4 Å². The Morgan fingerprint density at radius 1 is 1.21 bits per heavy atom. The summed E-state index contributed by atoms with van der Waals surface area (Å²) in [7, 11) is 1.26. The normalized spacial score (nSPS) is 13.5. The van der Waals surface area contributed by atoms with E-state index in [4.69, 9.17) is 37.4 Å². The molecule has 2 aromatic rings. The molecule has 178 valence electrons. The van der Waals surface area contributed by atoms with E-state index in [-0.39, 0.29) is 30.4 Å². The first-order valence-electron chi connectivity index (χ1n) is 10.3. The zero-order valence-electron chi connectivity index (χ0n) is 18.2. The number of rotatable bonds is 8. The summed E-state index contributed by atoms with van der Waals surface area (Å²) < 4.78 is 15.8. The van der Waals surface area contributed by atoms with Crippen molar-refractivity contribution in [1.29, 1.82) is 0 Å². The largest absolute Gasteiger partial charge is 0.492 e. The molecule has 33 heavy (non-hydrogen) atoms. The van der Waals surface area contributed by atoms with Crippen LogP contribution >= 0.6 is 34.5 Å². The molecule has 1 aliphatic heterocycles. The van der Waals surface area contributed by atoms with E-state index in [1.54, 1.807) is 30.0 Å². The SMILES string of the molecule is COC(=O)c1c(NC(=O)CCCOc2ccc(Cl)cc2Cl)sc(C(=O)N2CCOCC2)c1C. The number of ether oxygens (including phenoxy) is 3. The third kappa shape index (κ3) is 6.38. The average molecular weight is 515 g/mol. The number of morpholine rings is 1. The quantitative estimate of drug-likeness (QED) is 0.413. The van der Waals surface area contributed by atoms with Crippen LogP contribution in [-0.2, 0) is 14.3 Å². The fraction of sp³-hybridized carbons (Fsp3) is 0.409. The molecule has 0 radical (unpaired) electrons. The number of carbonyl (C=O) groups excluding carboxylic acids is 3. The van der Waals surface area contributed by atoms with Crippen molar-refractivity contribution in [3.05, 3.63) is 44.2 Å². The molecule has 0 unspecified atom stereocenters. The van der Waals surface area contributed by atoms with E-state index < -0.39 is 5.97 Å². The molecule has 8 nitrogen and oxygen atoms in total. The summed E-state index contributed by atoms with van der Waals surface area (Å²) in [5.41, 5.74) is 0.677. The van der Waals surface area contributed by atoms with Crippen LogP contribution in [0.5, 0.6) is 5.75 Å². The highest BCUT2D eigenvalue weighted by Crippen LogP contribution is 2.35. The van der Waals surface area contributed by atoms with Gasteiger partial charge in [0.15, 0.2) is 0 Å². The van der Waals surface area contributed by atoms with Crippen LogP contribution in [0.2, 0.25) is 10.0 Å². The van der Waals surface area contributed by atoms with Gasteiger partial charge in [-0.15, -0.1) is 11.3 Å². The van der Waals surface area contributed by atoms with E-state index in [2.05, 4.69) is 5.32 Å². The summed E-state index contributed by atoms with van der Waals surface area (Å²) in [6.07, 6.45) is 0.567. The Kier molecular flexibility index (Phi) is 8.96. The van der Waals surface area contributed by atoms with Gasteiger partial charge in [-0.2, -0.15) is 0 Å². The van der Waals surface area contributed by atoms with Crippen LogP contribution in [0.25, 0.3) is 0 Å². The zero-order valence-corrected chi connectivity index (χ0v) is 20.6. The number of anilines is 1. The summed E-state index contributed by atoms with van der Waals surface area (Å²) in [6.45, 7) is 3.82. The highest BCUT2D eigenvalue weighted by atomic mass is 35.5. The van der Waals surface area contributed by atoms with Gasteiger partial charge in [0.2, 0.25) is 5.91 Å². The van der Waals surface area contributed by atoms with Gasteiger partial charge in [-0.3, -0.25) is 9.59 Å². The number of esters is 1. The maximum absolute atomic E-state index is 13.0. The molecule has 2 heterocycles. The average Bonchev–Trinajstić information content (AvgIpc) is 3.12. The third-order valence-electron chi connectivity index (χ3n) is 4.98. The Hall–Kier alpha value is -2.33. The summed E-state index contributed by atoms with van der Waals surface area (Å²) in [5, 5.41) is 3.94. The van der Waals surface area contributed by atoms with Gasteiger partial charge in [-0.1, -0.05) is 23.2 Å². The number of hydrogen-bond acceptors (Lipinski definition) is 7. The van der Waals surface area contributed by atoms with Crippen LogP contribution in [0, 0.1) is 6.92 Å². The van der Waals surface area contributed by atoms with Crippen molar-refractivity contribution in [3.63, 3.8) is 0 Å². The standard InChI is InChI=1S/C22H24Cl2N2O6S/c1-13-18(22(29)30-2)20(33-19(13)21(28)26-7-10-31-11-8-26)25-17(27)4-3-9-32-16-6-5-14(23)12-15(16)24/h5-6,12H,3-4,7-11H2,1-2H3,(H,25,27). The van der Waals surface area contributed by atoms with Gasteiger partial charge in [-0.25, -0.2) is 4.79 Å². The summed E-state index contributed by atoms with van der Waals surface area (Å²) in [6, 6.07) is 4.90. The fourth-order valence-electron chi connectivity index (χ4n) is 3.26. The highest BCUT2D eigenvalue weighted by Gasteiger charge is 2.29. The first-order valence-corrected chi connectivity index (χ1v) is 11.9. The smallest absolute Gasteiger partial charge is 0.341 e. The Morgan fingerprint density at radius 2 is 1.94 bits per heavy atom. The second-order valence-electron chi connectivity index (χ2n) is 7.23. The lowest BCUT2D eigenvalue weighted by molar-refractivity contribution is -0.116. The van der Waals surface area contributed by atoms with Gasteiger partial charge in [-0.05, 0) is 37.1 Å². The minimum Gasteiger partial charge on any atom is -0.492 e. The Bertz CT molecular complexity index is 1040. The molecule has 1 aromatic carbocycles. The lowest BCUT2D eigenvalue weighted by Gasteiger charge is -2.26. The number of thiophene rings is 1. The third-order valence-corrected chi connectivity index (χ3v) is 6.71. The fourth-order valence-corrected chi connectivity index (χ4v) is 4.90. The van der Waals surface area contributed by atoms with Gasteiger partial charge in [0.1, 0.15) is 10.8 Å². The number of carbonyl (C=O) groups is 3. The first kappa shape index (κ1) is 25.3. The lowest BCUT2D eigenvalue weighted by atomic mass is 10.1. The van der Waals surface area contributed by atoms with Crippen molar-refractivity contribution in [3.8, 4) is 5.75 Å². The maximum Gasteiger partial charge on any atom is 0.341 e. The number of nitrogens with one attached hydrogen (secondary N) is 1. The molecule has 11 heteroatoms. The molecule has 1 aromatic heterocycles. The van der Waals surface area contributed by atoms with E-state index in [0.29, 0.717) is 64.0 Å². The van der Waals surface area contributed by atoms with Crippen LogP contribution in [-0.4, -0.2) is 62.7 Å². The van der Waals surface area contributed by atoms with Gasteiger partial charge in [0, 0.05) is 24.5 Å². The molecule has 2 amide bonds. The van der Waals surface area contributed by atoms with Crippen LogP contribution < -0.4 is 10.1 Å². The van der Waals surface area contributed by atoms with E-state index in [0.717, 1.165) is 11.3 Å². The minimum atomic E-state index is -0.610. The van der Waals surface area contributed by atoms with E-state index in [1.165, 1.54) is 7.11 Å². The van der Waals surface area contributed by atoms with Crippen molar-refractivity contribution in [2.75, 3.05) is 45.3 Å². The molecule has 1 N–H and O–H groups in total. The van der Waals surface area contributed by atoms with Crippen LogP contribution in [0.4, 0.5) is 5.00 Å². The Balaban J connectivity index is 1.64. The molecule has 0 bridgehead atoms. The Labute approximate surface area is 205 Å². The number of halogens is 2. The molecule has 1 fully saturated rings. The molecule has 0 spiro atoms. The lowest BCUT2D eigenvalue weighted by Crippen LogP contribution is -2.40. The minimum absolute atomic E-state index is 0.148. The number of hydrogen-bond donors (Lipinski definition) is 1. The number of benzene rings is 1. The molecule has 0 atom stereocenters. The van der Waals surface area contributed by atoms with E-state index >= 15 is 0 Å². The first-order chi connectivity index (χ1) is 15.8. The van der Waals surface area contributed by atoms with Crippen molar-refractivity contribution < 1.29 is 28.6 Å². The molecule has 3 rings (SSSR count). The van der Waals surface area contributed by atoms with Crippen LogP contribution in [0.3, 0.4) is 0 Å². The van der Waals surface area contributed by atoms with Crippen molar-refractivity contribution in [2.45, 2.75) is 19.8 Å². The topological polar surface area (TPSA) is 94.2 Å². The van der Waals surface area contributed by atoms with E-state index in [9.17, 15) is 14.4 Å². The molecular formula is C22H24Cl2N2O6S. The monoisotopic (exact) mass is 514 g/mol. The number of nitrogens with zero attached hydrogens (tertiary/aromatic N) is 1.